The van der Waals surface area contributed by atoms with E-state index in [0.717, 1.165) is 16.7 Å². The van der Waals surface area contributed by atoms with Crippen LogP contribution in [-0.2, 0) is 15.8 Å². The average molecular weight is 443 g/mol. The van der Waals surface area contributed by atoms with Gasteiger partial charge >= 0.3 is 0 Å². The highest BCUT2D eigenvalue weighted by molar-refractivity contribution is 7.91. The lowest BCUT2D eigenvalue weighted by Gasteiger charge is -2.10. The van der Waals surface area contributed by atoms with Gasteiger partial charge in [0.2, 0.25) is 10.0 Å². The first kappa shape index (κ1) is 19.8. The standard InChI is InChI=1S/C23H18N6O2S/c30-32(31,16-17-6-2-1-3-7-17)28-20-10-4-8-18(14-20)21-11-12-22-25-26-23(29(22)27-21)19-9-5-13-24-15-19/h1-15,28H,16H2. The van der Waals surface area contributed by atoms with Gasteiger partial charge in [0.1, 0.15) is 0 Å². The van der Waals surface area contributed by atoms with Crippen LogP contribution in [0.2, 0.25) is 0 Å². The Kier molecular flexibility index (Phi) is 5.08. The molecule has 8 nitrogen and oxygen atoms in total. The summed E-state index contributed by atoms with van der Waals surface area (Å²) in [5.74, 6) is 0.479. The summed E-state index contributed by atoms with van der Waals surface area (Å²) in [6.07, 6.45) is 3.39. The van der Waals surface area contributed by atoms with Gasteiger partial charge in [0.25, 0.3) is 0 Å². The Labute approximate surface area is 184 Å². The van der Waals surface area contributed by atoms with Gasteiger partial charge in [0.15, 0.2) is 11.5 Å². The second-order valence-corrected chi connectivity index (χ2v) is 8.90. The first-order chi connectivity index (χ1) is 15.6. The van der Waals surface area contributed by atoms with Crippen molar-refractivity contribution in [2.24, 2.45) is 0 Å². The van der Waals surface area contributed by atoms with E-state index in [-0.39, 0.29) is 5.75 Å². The van der Waals surface area contributed by atoms with Gasteiger partial charge in [0.05, 0.1) is 11.4 Å². The highest BCUT2D eigenvalue weighted by atomic mass is 32.2. The predicted octanol–water partition coefficient (Wildman–Crippen LogP) is 3.80. The lowest BCUT2D eigenvalue weighted by molar-refractivity contribution is 0.600. The summed E-state index contributed by atoms with van der Waals surface area (Å²) in [5.41, 5.74) is 4.01. The molecule has 0 saturated heterocycles. The minimum absolute atomic E-state index is 0.0997. The number of benzene rings is 2. The molecule has 0 aliphatic carbocycles. The number of nitrogens with zero attached hydrogens (tertiary/aromatic N) is 5. The van der Waals surface area contributed by atoms with E-state index in [2.05, 4.69) is 25.0 Å². The number of aromatic nitrogens is 5. The monoisotopic (exact) mass is 442 g/mol. The molecule has 158 valence electrons. The van der Waals surface area contributed by atoms with Crippen LogP contribution in [0.25, 0.3) is 28.3 Å². The second-order valence-electron chi connectivity index (χ2n) is 7.18. The molecule has 0 radical (unpaired) electrons. The van der Waals surface area contributed by atoms with Crippen LogP contribution in [0.4, 0.5) is 5.69 Å². The molecule has 3 heterocycles. The van der Waals surface area contributed by atoms with Gasteiger partial charge in [-0.25, -0.2) is 8.42 Å². The van der Waals surface area contributed by atoms with Gasteiger partial charge < -0.3 is 0 Å². The molecule has 5 rings (SSSR count). The zero-order chi connectivity index (χ0) is 22.0. The molecule has 0 amide bonds. The van der Waals surface area contributed by atoms with Crippen molar-refractivity contribution in [3.05, 3.63) is 96.8 Å². The summed E-state index contributed by atoms with van der Waals surface area (Å²) in [6, 6.07) is 23.5. The molecule has 0 bridgehead atoms. The fourth-order valence-electron chi connectivity index (χ4n) is 3.37. The molecule has 0 saturated carbocycles. The quantitative estimate of drug-likeness (QED) is 0.429. The largest absolute Gasteiger partial charge is 0.283 e. The number of fused-ring (bicyclic) bond motifs is 1. The molecule has 9 heteroatoms. The summed E-state index contributed by atoms with van der Waals surface area (Å²) < 4.78 is 29.5. The van der Waals surface area contributed by atoms with Crippen LogP contribution in [0.3, 0.4) is 0 Å². The van der Waals surface area contributed by atoms with E-state index in [9.17, 15) is 8.42 Å². The van der Waals surface area contributed by atoms with Crippen molar-refractivity contribution < 1.29 is 8.42 Å². The van der Waals surface area contributed by atoms with Crippen LogP contribution in [0.5, 0.6) is 0 Å². The Morgan fingerprint density at radius 1 is 0.844 bits per heavy atom. The topological polar surface area (TPSA) is 102 Å². The van der Waals surface area contributed by atoms with Crippen LogP contribution in [0.15, 0.2) is 91.3 Å². The smallest absolute Gasteiger partial charge is 0.236 e. The van der Waals surface area contributed by atoms with E-state index in [1.165, 1.54) is 0 Å². The van der Waals surface area contributed by atoms with E-state index < -0.39 is 10.0 Å². The number of nitrogens with one attached hydrogen (secondary N) is 1. The van der Waals surface area contributed by atoms with Crippen molar-refractivity contribution in [3.8, 4) is 22.6 Å². The lowest BCUT2D eigenvalue weighted by atomic mass is 10.1. The Bertz CT molecular complexity index is 1490. The third-order valence-electron chi connectivity index (χ3n) is 4.81. The first-order valence-corrected chi connectivity index (χ1v) is 11.5. The van der Waals surface area contributed by atoms with Crippen molar-refractivity contribution >= 4 is 21.4 Å². The van der Waals surface area contributed by atoms with Crippen LogP contribution >= 0.6 is 0 Å². The van der Waals surface area contributed by atoms with Crippen LogP contribution in [0.1, 0.15) is 5.56 Å². The molecule has 0 fully saturated rings. The zero-order valence-electron chi connectivity index (χ0n) is 16.8. The summed E-state index contributed by atoms with van der Waals surface area (Å²) in [4.78, 5) is 4.13. The maximum atomic E-state index is 12.6. The molecule has 5 aromatic rings. The fraction of sp³-hybridized carbons (Fsp3) is 0.0435. The summed E-state index contributed by atoms with van der Waals surface area (Å²) in [6.45, 7) is 0. The van der Waals surface area contributed by atoms with Gasteiger partial charge in [-0.3, -0.25) is 9.71 Å². The number of hydrogen-bond acceptors (Lipinski definition) is 6. The number of sulfonamides is 1. The van der Waals surface area contributed by atoms with Crippen molar-refractivity contribution in [1.82, 2.24) is 24.8 Å². The average Bonchev–Trinajstić information content (AvgIpc) is 3.23. The van der Waals surface area contributed by atoms with Crippen molar-refractivity contribution in [3.63, 3.8) is 0 Å². The number of rotatable bonds is 6. The Morgan fingerprint density at radius 3 is 2.50 bits per heavy atom. The Morgan fingerprint density at radius 2 is 1.69 bits per heavy atom. The van der Waals surface area contributed by atoms with Crippen molar-refractivity contribution in [2.75, 3.05) is 4.72 Å². The van der Waals surface area contributed by atoms with Crippen LogP contribution in [-0.4, -0.2) is 33.2 Å². The van der Waals surface area contributed by atoms with Crippen molar-refractivity contribution in [2.45, 2.75) is 5.75 Å². The van der Waals surface area contributed by atoms with Crippen LogP contribution < -0.4 is 4.72 Å². The molecule has 0 aliphatic rings. The fourth-order valence-corrected chi connectivity index (χ4v) is 4.56. The number of hydrogen-bond donors (Lipinski definition) is 1. The van der Waals surface area contributed by atoms with E-state index in [4.69, 9.17) is 0 Å². The van der Waals surface area contributed by atoms with Gasteiger partial charge in [0, 0.05) is 29.2 Å². The molecular formula is C23H18N6O2S. The Balaban J connectivity index is 1.45. The molecule has 2 aromatic carbocycles. The summed E-state index contributed by atoms with van der Waals surface area (Å²) in [5, 5.41) is 13.1. The molecule has 0 spiro atoms. The lowest BCUT2D eigenvalue weighted by Crippen LogP contribution is -2.15. The van der Waals surface area contributed by atoms with Gasteiger partial charge in [-0.2, -0.15) is 9.61 Å². The second kappa shape index (κ2) is 8.20. The van der Waals surface area contributed by atoms with E-state index in [0.29, 0.717) is 22.9 Å². The van der Waals surface area contributed by atoms with Crippen molar-refractivity contribution in [1.29, 1.82) is 0 Å². The maximum absolute atomic E-state index is 12.6. The zero-order valence-corrected chi connectivity index (χ0v) is 17.6. The van der Waals surface area contributed by atoms with E-state index >= 15 is 0 Å². The molecule has 0 unspecified atom stereocenters. The SMILES string of the molecule is O=S(=O)(Cc1ccccc1)Nc1cccc(-c2ccc3nnc(-c4cccnc4)n3n2)c1. The highest BCUT2D eigenvalue weighted by Gasteiger charge is 2.14. The molecule has 0 aliphatic heterocycles. The molecule has 1 N–H and O–H groups in total. The minimum Gasteiger partial charge on any atom is -0.283 e. The van der Waals surface area contributed by atoms with Crippen LogP contribution in [0, 0.1) is 0 Å². The van der Waals surface area contributed by atoms with Gasteiger partial charge in [-0.05, 0) is 42.0 Å². The van der Waals surface area contributed by atoms with Gasteiger partial charge in [-0.1, -0.05) is 42.5 Å². The molecule has 0 atom stereocenters. The normalized spacial score (nSPS) is 11.5. The van der Waals surface area contributed by atoms with E-state index in [1.807, 2.05) is 48.5 Å². The minimum atomic E-state index is -3.56. The molecule has 32 heavy (non-hydrogen) atoms. The number of pyridine rings is 1. The van der Waals surface area contributed by atoms with E-state index in [1.54, 1.807) is 47.2 Å². The highest BCUT2D eigenvalue weighted by Crippen LogP contribution is 2.24. The first-order valence-electron chi connectivity index (χ1n) is 9.85. The maximum Gasteiger partial charge on any atom is 0.236 e. The predicted molar refractivity (Wildman–Crippen MR) is 122 cm³/mol. The third-order valence-corrected chi connectivity index (χ3v) is 6.07. The Hall–Kier alpha value is -4.11. The molecule has 3 aromatic heterocycles. The summed E-state index contributed by atoms with van der Waals surface area (Å²) >= 11 is 0. The molecular weight excluding hydrogens is 424 g/mol. The third kappa shape index (κ3) is 4.19. The summed E-state index contributed by atoms with van der Waals surface area (Å²) in [7, 11) is -3.56. The number of anilines is 1. The van der Waals surface area contributed by atoms with Gasteiger partial charge in [-0.15, -0.1) is 10.2 Å².